The highest BCUT2D eigenvalue weighted by Crippen LogP contribution is 2.11. The molecule has 1 aromatic carbocycles. The molecule has 92 valence electrons. The van der Waals surface area contributed by atoms with Gasteiger partial charge in [0.2, 0.25) is 5.91 Å². The molecule has 0 saturated heterocycles. The number of amides is 1. The number of anilines is 1. The van der Waals surface area contributed by atoms with Crippen molar-refractivity contribution in [3.8, 4) is 0 Å². The third-order valence-corrected chi connectivity index (χ3v) is 3.02. The van der Waals surface area contributed by atoms with Crippen LogP contribution in [0.2, 0.25) is 0 Å². The number of rotatable bonds is 6. The van der Waals surface area contributed by atoms with Gasteiger partial charge in [-0.25, -0.2) is 0 Å². The Balaban J connectivity index is 2.46. The van der Waals surface area contributed by atoms with Crippen LogP contribution >= 0.6 is 11.8 Å². The Bertz CT molecular complexity index is 387. The number of benzene rings is 1. The van der Waals surface area contributed by atoms with E-state index in [-0.39, 0.29) is 11.7 Å². The van der Waals surface area contributed by atoms with E-state index in [0.29, 0.717) is 12.0 Å². The summed E-state index contributed by atoms with van der Waals surface area (Å²) in [6, 6.07) is 6.95. The molecule has 0 fully saturated rings. The lowest BCUT2D eigenvalue weighted by Gasteiger charge is -2.05. The monoisotopic (exact) mass is 251 g/mol. The fraction of sp³-hybridized carbons (Fsp3) is 0.385. The van der Waals surface area contributed by atoms with Crippen LogP contribution in [0.3, 0.4) is 0 Å². The van der Waals surface area contributed by atoms with Gasteiger partial charge in [0.05, 0.1) is 0 Å². The van der Waals surface area contributed by atoms with Crippen molar-refractivity contribution in [3.05, 3.63) is 29.8 Å². The minimum Gasteiger partial charge on any atom is -0.326 e. The molecule has 4 heteroatoms. The first kappa shape index (κ1) is 13.8. The molecule has 0 aromatic heterocycles. The number of nitrogens with one attached hydrogen (secondary N) is 1. The fourth-order valence-corrected chi connectivity index (χ4v) is 1.82. The standard InChI is InChI=1S/C13H17NO2S/c1-10(15)11-5-7-12(8-6-11)14-13(16)4-3-9-17-2/h5-8H,3-4,9H2,1-2H3,(H,14,16). The second-order valence-corrected chi connectivity index (χ2v) is 4.76. The van der Waals surface area contributed by atoms with Crippen LogP contribution in [0.5, 0.6) is 0 Å². The Morgan fingerprint density at radius 1 is 1.24 bits per heavy atom. The predicted molar refractivity (Wildman–Crippen MR) is 72.7 cm³/mol. The number of thioether (sulfide) groups is 1. The Kier molecular flexibility index (Phi) is 5.77. The molecule has 0 aliphatic rings. The second kappa shape index (κ2) is 7.12. The molecular formula is C13H17NO2S. The van der Waals surface area contributed by atoms with Gasteiger partial charge in [0.25, 0.3) is 0 Å². The summed E-state index contributed by atoms with van der Waals surface area (Å²) < 4.78 is 0. The molecular weight excluding hydrogens is 234 g/mol. The fourth-order valence-electron chi connectivity index (χ4n) is 1.39. The van der Waals surface area contributed by atoms with E-state index in [9.17, 15) is 9.59 Å². The van der Waals surface area contributed by atoms with Crippen molar-refractivity contribution in [2.24, 2.45) is 0 Å². The maximum Gasteiger partial charge on any atom is 0.224 e. The van der Waals surface area contributed by atoms with Gasteiger partial charge in [-0.05, 0) is 49.6 Å². The molecule has 0 unspecified atom stereocenters. The van der Waals surface area contributed by atoms with Crippen LogP contribution in [0.15, 0.2) is 24.3 Å². The van der Waals surface area contributed by atoms with Crippen LogP contribution in [0, 0.1) is 0 Å². The first-order chi connectivity index (χ1) is 8.13. The summed E-state index contributed by atoms with van der Waals surface area (Å²) in [5.41, 5.74) is 1.40. The van der Waals surface area contributed by atoms with Crippen molar-refractivity contribution in [2.45, 2.75) is 19.8 Å². The molecule has 0 radical (unpaired) electrons. The molecule has 0 atom stereocenters. The summed E-state index contributed by atoms with van der Waals surface area (Å²) >= 11 is 1.74. The number of carbonyl (C=O) groups is 2. The van der Waals surface area contributed by atoms with Gasteiger partial charge in [-0.3, -0.25) is 9.59 Å². The molecule has 0 aliphatic carbocycles. The highest BCUT2D eigenvalue weighted by atomic mass is 32.2. The Morgan fingerprint density at radius 3 is 2.41 bits per heavy atom. The highest BCUT2D eigenvalue weighted by Gasteiger charge is 2.03. The van der Waals surface area contributed by atoms with Crippen molar-refractivity contribution < 1.29 is 9.59 Å². The number of ketones is 1. The third-order valence-electron chi connectivity index (χ3n) is 2.33. The van der Waals surface area contributed by atoms with Gasteiger partial charge >= 0.3 is 0 Å². The van der Waals surface area contributed by atoms with Gasteiger partial charge in [-0.15, -0.1) is 0 Å². The summed E-state index contributed by atoms with van der Waals surface area (Å²) in [5, 5.41) is 2.81. The molecule has 0 aliphatic heterocycles. The first-order valence-electron chi connectivity index (χ1n) is 5.53. The van der Waals surface area contributed by atoms with Crippen LogP contribution in [0.4, 0.5) is 5.69 Å². The van der Waals surface area contributed by atoms with Crippen molar-refractivity contribution in [1.29, 1.82) is 0 Å². The summed E-state index contributed by atoms with van der Waals surface area (Å²) in [7, 11) is 0. The van der Waals surface area contributed by atoms with E-state index in [1.54, 1.807) is 36.0 Å². The van der Waals surface area contributed by atoms with E-state index in [2.05, 4.69) is 5.32 Å². The Hall–Kier alpha value is -1.29. The predicted octanol–water partition coefficient (Wildman–Crippen LogP) is 2.97. The Morgan fingerprint density at radius 2 is 1.88 bits per heavy atom. The molecule has 0 saturated carbocycles. The lowest BCUT2D eigenvalue weighted by molar-refractivity contribution is -0.116. The number of hydrogen-bond acceptors (Lipinski definition) is 3. The van der Waals surface area contributed by atoms with E-state index < -0.39 is 0 Å². The van der Waals surface area contributed by atoms with Gasteiger partial charge in [0.15, 0.2) is 5.78 Å². The van der Waals surface area contributed by atoms with Gasteiger partial charge in [0, 0.05) is 17.7 Å². The molecule has 1 rings (SSSR count). The molecule has 0 bridgehead atoms. The lowest BCUT2D eigenvalue weighted by Crippen LogP contribution is -2.11. The molecule has 0 spiro atoms. The van der Waals surface area contributed by atoms with Gasteiger partial charge in [0.1, 0.15) is 0 Å². The maximum absolute atomic E-state index is 11.5. The van der Waals surface area contributed by atoms with E-state index in [4.69, 9.17) is 0 Å². The minimum atomic E-state index is 0.0228. The van der Waals surface area contributed by atoms with E-state index in [0.717, 1.165) is 17.9 Å². The SMILES string of the molecule is CSCCCC(=O)Nc1ccc(C(C)=O)cc1. The third kappa shape index (κ3) is 5.04. The normalized spacial score (nSPS) is 10.0. The first-order valence-corrected chi connectivity index (χ1v) is 6.92. The summed E-state index contributed by atoms with van der Waals surface area (Å²) in [6.45, 7) is 1.52. The molecule has 3 nitrogen and oxygen atoms in total. The summed E-state index contributed by atoms with van der Waals surface area (Å²) in [4.78, 5) is 22.6. The summed E-state index contributed by atoms with van der Waals surface area (Å²) in [6.07, 6.45) is 3.45. The van der Waals surface area contributed by atoms with E-state index in [1.165, 1.54) is 6.92 Å². The van der Waals surface area contributed by atoms with Crippen molar-refractivity contribution in [1.82, 2.24) is 0 Å². The molecule has 1 aromatic rings. The zero-order valence-corrected chi connectivity index (χ0v) is 11.0. The zero-order valence-electron chi connectivity index (χ0n) is 10.2. The van der Waals surface area contributed by atoms with Crippen molar-refractivity contribution >= 4 is 29.1 Å². The zero-order chi connectivity index (χ0) is 12.7. The molecule has 17 heavy (non-hydrogen) atoms. The largest absolute Gasteiger partial charge is 0.326 e. The quantitative estimate of drug-likeness (QED) is 0.624. The van der Waals surface area contributed by atoms with Crippen molar-refractivity contribution in [2.75, 3.05) is 17.3 Å². The molecule has 0 heterocycles. The number of Topliss-reactive ketones (excluding diaryl/α,β-unsaturated/α-hetero) is 1. The number of carbonyl (C=O) groups excluding carboxylic acids is 2. The van der Waals surface area contributed by atoms with Crippen LogP contribution in [0.25, 0.3) is 0 Å². The number of hydrogen-bond donors (Lipinski definition) is 1. The highest BCUT2D eigenvalue weighted by molar-refractivity contribution is 7.98. The van der Waals surface area contributed by atoms with E-state index in [1.807, 2.05) is 6.26 Å². The van der Waals surface area contributed by atoms with Gasteiger partial charge in [-0.2, -0.15) is 11.8 Å². The van der Waals surface area contributed by atoms with Crippen LogP contribution < -0.4 is 5.32 Å². The Labute approximate surface area is 106 Å². The maximum atomic E-state index is 11.5. The minimum absolute atomic E-state index is 0.0228. The van der Waals surface area contributed by atoms with Crippen LogP contribution in [0.1, 0.15) is 30.1 Å². The molecule has 1 amide bonds. The van der Waals surface area contributed by atoms with Gasteiger partial charge < -0.3 is 5.32 Å². The summed E-state index contributed by atoms with van der Waals surface area (Å²) in [5.74, 6) is 1.05. The lowest BCUT2D eigenvalue weighted by atomic mass is 10.1. The average Bonchev–Trinajstić information content (AvgIpc) is 2.30. The van der Waals surface area contributed by atoms with Crippen LogP contribution in [-0.4, -0.2) is 23.7 Å². The van der Waals surface area contributed by atoms with E-state index >= 15 is 0 Å². The second-order valence-electron chi connectivity index (χ2n) is 3.78. The van der Waals surface area contributed by atoms with Gasteiger partial charge in [-0.1, -0.05) is 0 Å². The molecule has 1 N–H and O–H groups in total. The van der Waals surface area contributed by atoms with Crippen LogP contribution in [-0.2, 0) is 4.79 Å². The average molecular weight is 251 g/mol. The smallest absolute Gasteiger partial charge is 0.224 e. The van der Waals surface area contributed by atoms with Crippen molar-refractivity contribution in [3.63, 3.8) is 0 Å². The topological polar surface area (TPSA) is 46.2 Å².